The lowest BCUT2D eigenvalue weighted by molar-refractivity contribution is 0.807. The van der Waals surface area contributed by atoms with Gasteiger partial charge in [0.25, 0.3) is 0 Å². The first-order chi connectivity index (χ1) is 9.86. The highest BCUT2D eigenvalue weighted by Crippen LogP contribution is 2.21. The van der Waals surface area contributed by atoms with Crippen molar-refractivity contribution in [3.63, 3.8) is 0 Å². The van der Waals surface area contributed by atoms with E-state index in [0.29, 0.717) is 6.54 Å². The van der Waals surface area contributed by atoms with E-state index in [-0.39, 0.29) is 0 Å². The van der Waals surface area contributed by atoms with Crippen LogP contribution in [0.1, 0.15) is 5.56 Å². The van der Waals surface area contributed by atoms with Crippen LogP contribution in [0.4, 0.5) is 0 Å². The lowest BCUT2D eigenvalue weighted by Gasteiger charge is -2.06. The highest BCUT2D eigenvalue weighted by Gasteiger charge is 2.02. The average Bonchev–Trinajstić information content (AvgIpc) is 2.91. The molecule has 3 rings (SSSR count). The van der Waals surface area contributed by atoms with Gasteiger partial charge in [-0.25, -0.2) is 0 Å². The molecule has 3 heteroatoms. The molecular weight excluding hydrogens is 264 g/mol. The van der Waals surface area contributed by atoms with Crippen molar-refractivity contribution in [3.05, 3.63) is 66.4 Å². The van der Waals surface area contributed by atoms with Crippen molar-refractivity contribution >= 4 is 22.7 Å². The van der Waals surface area contributed by atoms with Gasteiger partial charge in [0.15, 0.2) is 0 Å². The Balaban J connectivity index is 1.69. The Labute approximate surface area is 123 Å². The minimum Gasteiger partial charge on any atom is -0.347 e. The number of fused-ring (bicyclic) bond motifs is 1. The van der Waals surface area contributed by atoms with Crippen molar-refractivity contribution in [2.24, 2.45) is 5.73 Å². The highest BCUT2D eigenvalue weighted by atomic mass is 32.2. The van der Waals surface area contributed by atoms with Crippen LogP contribution >= 0.6 is 11.8 Å². The van der Waals surface area contributed by atoms with Crippen LogP contribution in [0.5, 0.6) is 0 Å². The monoisotopic (exact) mass is 282 g/mol. The molecule has 0 bridgehead atoms. The molecule has 1 heterocycles. The second-order valence-corrected chi connectivity index (χ2v) is 5.94. The molecule has 0 atom stereocenters. The maximum absolute atomic E-state index is 5.68. The molecule has 2 aromatic carbocycles. The molecule has 0 aliphatic rings. The van der Waals surface area contributed by atoms with Gasteiger partial charge in [-0.1, -0.05) is 24.3 Å². The van der Waals surface area contributed by atoms with Crippen LogP contribution in [0.25, 0.3) is 10.9 Å². The molecule has 0 unspecified atom stereocenters. The highest BCUT2D eigenvalue weighted by molar-refractivity contribution is 7.99. The fraction of sp³-hybridized carbons (Fsp3) is 0.176. The number of hydrogen-bond donors (Lipinski definition) is 1. The standard InChI is InChI=1S/C17H18N2S/c18-13-14-6-7-17-15(12-14)8-9-19(17)10-11-20-16-4-2-1-3-5-16/h1-9,12H,10-11,13,18H2. The largest absolute Gasteiger partial charge is 0.347 e. The second kappa shape index (κ2) is 6.16. The zero-order valence-electron chi connectivity index (χ0n) is 11.3. The third kappa shape index (κ3) is 2.89. The smallest absolute Gasteiger partial charge is 0.0480 e. The van der Waals surface area contributed by atoms with E-state index in [1.807, 2.05) is 11.8 Å². The zero-order chi connectivity index (χ0) is 13.8. The van der Waals surface area contributed by atoms with Crippen LogP contribution in [0.3, 0.4) is 0 Å². The predicted molar refractivity (Wildman–Crippen MR) is 87.0 cm³/mol. The van der Waals surface area contributed by atoms with Gasteiger partial charge in [0.2, 0.25) is 0 Å². The summed E-state index contributed by atoms with van der Waals surface area (Å²) in [5.74, 6) is 1.08. The maximum atomic E-state index is 5.68. The van der Waals surface area contributed by atoms with Crippen LogP contribution in [-0.4, -0.2) is 10.3 Å². The fourth-order valence-corrected chi connectivity index (χ4v) is 3.22. The predicted octanol–water partition coefficient (Wildman–Crippen LogP) is 3.89. The van der Waals surface area contributed by atoms with Crippen molar-refractivity contribution in [1.29, 1.82) is 0 Å². The van der Waals surface area contributed by atoms with E-state index in [1.54, 1.807) is 0 Å². The van der Waals surface area contributed by atoms with E-state index in [0.717, 1.165) is 12.3 Å². The van der Waals surface area contributed by atoms with Crippen molar-refractivity contribution in [2.45, 2.75) is 18.0 Å². The van der Waals surface area contributed by atoms with Gasteiger partial charge < -0.3 is 10.3 Å². The van der Waals surface area contributed by atoms with Crippen molar-refractivity contribution in [2.75, 3.05) is 5.75 Å². The van der Waals surface area contributed by atoms with Gasteiger partial charge in [0.05, 0.1) is 0 Å². The first kappa shape index (κ1) is 13.3. The third-order valence-electron chi connectivity index (χ3n) is 3.42. The number of benzene rings is 2. The summed E-state index contributed by atoms with van der Waals surface area (Å²) in [5, 5.41) is 1.28. The van der Waals surface area contributed by atoms with Crippen molar-refractivity contribution < 1.29 is 0 Å². The Kier molecular flexibility index (Phi) is 4.09. The summed E-state index contributed by atoms with van der Waals surface area (Å²) in [6.45, 7) is 1.62. The van der Waals surface area contributed by atoms with E-state index >= 15 is 0 Å². The molecule has 0 spiro atoms. The Bertz CT molecular complexity index is 689. The minimum atomic E-state index is 0.602. The van der Waals surface area contributed by atoms with Crippen molar-refractivity contribution in [1.82, 2.24) is 4.57 Å². The van der Waals surface area contributed by atoms with Crippen LogP contribution in [-0.2, 0) is 13.1 Å². The van der Waals surface area contributed by atoms with E-state index in [9.17, 15) is 0 Å². The van der Waals surface area contributed by atoms with Crippen LogP contribution in [0, 0.1) is 0 Å². The Hall–Kier alpha value is -1.71. The normalized spacial score (nSPS) is 11.1. The molecule has 1 aromatic heterocycles. The average molecular weight is 282 g/mol. The summed E-state index contributed by atoms with van der Waals surface area (Å²) in [6, 6.07) is 19.2. The SMILES string of the molecule is NCc1ccc2c(ccn2CCSc2ccccc2)c1. The molecule has 0 aliphatic heterocycles. The molecule has 0 saturated heterocycles. The fourth-order valence-electron chi connectivity index (χ4n) is 2.35. The number of aryl methyl sites for hydroxylation is 1. The third-order valence-corrected chi connectivity index (χ3v) is 4.41. The van der Waals surface area contributed by atoms with Gasteiger partial charge in [-0.2, -0.15) is 0 Å². The van der Waals surface area contributed by atoms with Crippen LogP contribution in [0.15, 0.2) is 65.7 Å². The lowest BCUT2D eigenvalue weighted by Crippen LogP contribution is -1.99. The van der Waals surface area contributed by atoms with Crippen LogP contribution in [0.2, 0.25) is 0 Å². The molecule has 2 N–H and O–H groups in total. The molecular formula is C17H18N2S. The van der Waals surface area contributed by atoms with Gasteiger partial charge in [-0.05, 0) is 41.3 Å². The quantitative estimate of drug-likeness (QED) is 0.720. The molecule has 0 aliphatic carbocycles. The molecule has 20 heavy (non-hydrogen) atoms. The summed E-state index contributed by atoms with van der Waals surface area (Å²) >= 11 is 1.89. The summed E-state index contributed by atoms with van der Waals surface area (Å²) in [6.07, 6.45) is 2.16. The molecule has 0 amide bonds. The number of aromatic nitrogens is 1. The molecule has 2 nitrogen and oxygen atoms in total. The summed E-state index contributed by atoms with van der Waals surface area (Å²) in [5.41, 5.74) is 8.16. The molecule has 102 valence electrons. The topological polar surface area (TPSA) is 30.9 Å². The number of rotatable bonds is 5. The first-order valence-electron chi connectivity index (χ1n) is 6.82. The van der Waals surface area contributed by atoms with E-state index < -0.39 is 0 Å². The van der Waals surface area contributed by atoms with Gasteiger partial charge in [-0.15, -0.1) is 11.8 Å². The molecule has 0 fully saturated rings. The Morgan fingerprint density at radius 1 is 1.00 bits per heavy atom. The second-order valence-electron chi connectivity index (χ2n) is 4.77. The zero-order valence-corrected chi connectivity index (χ0v) is 12.1. The number of hydrogen-bond acceptors (Lipinski definition) is 2. The molecule has 0 saturated carbocycles. The van der Waals surface area contributed by atoms with Crippen LogP contribution < -0.4 is 5.73 Å². The maximum Gasteiger partial charge on any atom is 0.0480 e. The van der Waals surface area contributed by atoms with Gasteiger partial charge in [0, 0.05) is 35.5 Å². The van der Waals surface area contributed by atoms with Gasteiger partial charge >= 0.3 is 0 Å². The Morgan fingerprint density at radius 3 is 2.65 bits per heavy atom. The number of nitrogens with zero attached hydrogens (tertiary/aromatic N) is 1. The van der Waals surface area contributed by atoms with E-state index in [1.165, 1.54) is 21.4 Å². The molecule has 0 radical (unpaired) electrons. The van der Waals surface area contributed by atoms with Crippen molar-refractivity contribution in [3.8, 4) is 0 Å². The number of thioether (sulfide) groups is 1. The summed E-state index contributed by atoms with van der Waals surface area (Å²) in [4.78, 5) is 1.33. The van der Waals surface area contributed by atoms with Gasteiger partial charge in [0.1, 0.15) is 0 Å². The first-order valence-corrected chi connectivity index (χ1v) is 7.81. The summed E-state index contributed by atoms with van der Waals surface area (Å²) < 4.78 is 2.31. The Morgan fingerprint density at radius 2 is 1.85 bits per heavy atom. The van der Waals surface area contributed by atoms with E-state index in [2.05, 4.69) is 65.4 Å². The lowest BCUT2D eigenvalue weighted by atomic mass is 10.1. The number of nitrogens with two attached hydrogens (primary N) is 1. The molecule has 3 aromatic rings. The minimum absolute atomic E-state index is 0.602. The van der Waals surface area contributed by atoms with E-state index in [4.69, 9.17) is 5.73 Å². The van der Waals surface area contributed by atoms with Gasteiger partial charge in [-0.3, -0.25) is 0 Å². The summed E-state index contributed by atoms with van der Waals surface area (Å²) in [7, 11) is 0.